The molecule has 1 fully saturated rings. The highest BCUT2D eigenvalue weighted by atomic mass is 16.5. The first-order chi connectivity index (χ1) is 6.81. The molecule has 14 heavy (non-hydrogen) atoms. The third kappa shape index (κ3) is 1.75. The van der Waals surface area contributed by atoms with Crippen molar-refractivity contribution in [2.75, 3.05) is 25.4 Å². The van der Waals surface area contributed by atoms with E-state index in [-0.39, 0.29) is 0 Å². The number of hydrogen-bond acceptors (Lipinski definition) is 4. The fourth-order valence-corrected chi connectivity index (χ4v) is 2.08. The predicted octanol–water partition coefficient (Wildman–Crippen LogP) is 1.46. The van der Waals surface area contributed by atoms with Crippen LogP contribution in [0, 0.1) is 0 Å². The van der Waals surface area contributed by atoms with E-state index in [1.54, 1.807) is 6.20 Å². The molecule has 1 saturated heterocycles. The third-order valence-corrected chi connectivity index (χ3v) is 3.03. The Balaban J connectivity index is 1.99. The molecule has 78 valence electrons. The van der Waals surface area contributed by atoms with Crippen LogP contribution in [0.2, 0.25) is 0 Å². The smallest absolute Gasteiger partial charge is 0.162 e. The number of aromatic nitrogens is 1. The highest BCUT2D eigenvalue weighted by Gasteiger charge is 2.24. The van der Waals surface area contributed by atoms with Gasteiger partial charge < -0.3 is 15.2 Å². The molecule has 0 radical (unpaired) electrons. The first-order valence-corrected chi connectivity index (χ1v) is 5.23. The molecule has 0 unspecified atom stereocenters. The van der Waals surface area contributed by atoms with Gasteiger partial charge in [-0.15, -0.1) is 0 Å². The van der Waals surface area contributed by atoms with Crippen molar-refractivity contribution in [3.05, 3.63) is 12.0 Å². The Morgan fingerprint density at radius 2 is 2.29 bits per heavy atom. The second-order valence-corrected chi connectivity index (χ2v) is 3.85. The Hall–Kier alpha value is -1.03. The Bertz CT molecular complexity index is 289. The zero-order chi connectivity index (χ0) is 9.97. The van der Waals surface area contributed by atoms with Gasteiger partial charge in [0.25, 0.3) is 0 Å². The van der Waals surface area contributed by atoms with Gasteiger partial charge in [0.15, 0.2) is 5.76 Å². The van der Waals surface area contributed by atoms with E-state index in [0.717, 1.165) is 38.2 Å². The van der Waals surface area contributed by atoms with Gasteiger partial charge in [-0.1, -0.05) is 12.1 Å². The number of nitrogens with two attached hydrogens (primary N) is 1. The van der Waals surface area contributed by atoms with Crippen molar-refractivity contribution < 1.29 is 4.52 Å². The van der Waals surface area contributed by atoms with E-state index in [9.17, 15) is 0 Å². The lowest BCUT2D eigenvalue weighted by atomic mass is 9.94. The van der Waals surface area contributed by atoms with Gasteiger partial charge in [-0.05, 0) is 32.5 Å². The maximum absolute atomic E-state index is 5.77. The largest absolute Gasteiger partial charge is 0.395 e. The summed E-state index contributed by atoms with van der Waals surface area (Å²) in [7, 11) is 0. The van der Waals surface area contributed by atoms with Crippen molar-refractivity contribution in [2.24, 2.45) is 0 Å². The van der Waals surface area contributed by atoms with Crippen molar-refractivity contribution >= 4 is 5.69 Å². The van der Waals surface area contributed by atoms with Gasteiger partial charge in [0.2, 0.25) is 0 Å². The van der Waals surface area contributed by atoms with Crippen LogP contribution in [0.4, 0.5) is 5.69 Å². The number of rotatable bonds is 2. The minimum Gasteiger partial charge on any atom is -0.395 e. The van der Waals surface area contributed by atoms with Crippen LogP contribution in [0.3, 0.4) is 0 Å². The SMILES string of the molecule is CCN1CCC(c2oncc2N)CC1. The van der Waals surface area contributed by atoms with Crippen molar-refractivity contribution in [1.29, 1.82) is 0 Å². The molecule has 0 aliphatic carbocycles. The molecule has 0 bridgehead atoms. The minimum atomic E-state index is 0.472. The summed E-state index contributed by atoms with van der Waals surface area (Å²) < 4.78 is 5.18. The lowest BCUT2D eigenvalue weighted by molar-refractivity contribution is 0.205. The maximum atomic E-state index is 5.77. The normalized spacial score (nSPS) is 20.1. The molecule has 1 aromatic heterocycles. The number of piperidine rings is 1. The number of anilines is 1. The van der Waals surface area contributed by atoms with Crippen molar-refractivity contribution in [3.63, 3.8) is 0 Å². The Morgan fingerprint density at radius 3 is 2.79 bits per heavy atom. The predicted molar refractivity (Wildman–Crippen MR) is 55.0 cm³/mol. The van der Waals surface area contributed by atoms with Crippen molar-refractivity contribution in [1.82, 2.24) is 10.1 Å². The maximum Gasteiger partial charge on any atom is 0.162 e. The first-order valence-electron chi connectivity index (χ1n) is 5.23. The number of likely N-dealkylation sites (tertiary alicyclic amines) is 1. The number of nitrogens with zero attached hydrogens (tertiary/aromatic N) is 2. The molecular weight excluding hydrogens is 178 g/mol. The van der Waals surface area contributed by atoms with E-state index in [0.29, 0.717) is 11.6 Å². The topological polar surface area (TPSA) is 55.3 Å². The minimum absolute atomic E-state index is 0.472. The summed E-state index contributed by atoms with van der Waals surface area (Å²) in [5.41, 5.74) is 6.48. The molecule has 2 N–H and O–H groups in total. The van der Waals surface area contributed by atoms with Crippen LogP contribution < -0.4 is 5.73 Å². The lowest BCUT2D eigenvalue weighted by Gasteiger charge is -2.29. The van der Waals surface area contributed by atoms with Crippen LogP contribution in [0.25, 0.3) is 0 Å². The summed E-state index contributed by atoms with van der Waals surface area (Å²) in [6, 6.07) is 0. The molecule has 1 aromatic rings. The molecule has 0 spiro atoms. The number of hydrogen-bond donors (Lipinski definition) is 1. The molecule has 4 heteroatoms. The fourth-order valence-electron chi connectivity index (χ4n) is 2.08. The molecule has 2 rings (SSSR count). The highest BCUT2D eigenvalue weighted by molar-refractivity contribution is 5.40. The van der Waals surface area contributed by atoms with E-state index < -0.39 is 0 Å². The molecular formula is C10H17N3O. The van der Waals surface area contributed by atoms with Gasteiger partial charge in [-0.25, -0.2) is 0 Å². The van der Waals surface area contributed by atoms with E-state index in [4.69, 9.17) is 10.3 Å². The quantitative estimate of drug-likeness (QED) is 0.776. The van der Waals surface area contributed by atoms with Crippen LogP contribution in [-0.4, -0.2) is 29.7 Å². The molecule has 1 aliphatic rings. The summed E-state index contributed by atoms with van der Waals surface area (Å²) >= 11 is 0. The summed E-state index contributed by atoms with van der Waals surface area (Å²) in [4.78, 5) is 2.45. The third-order valence-electron chi connectivity index (χ3n) is 3.03. The Kier molecular flexibility index (Phi) is 2.72. The van der Waals surface area contributed by atoms with E-state index in [2.05, 4.69) is 17.0 Å². The second kappa shape index (κ2) is 4.00. The monoisotopic (exact) mass is 195 g/mol. The molecule has 2 heterocycles. The molecule has 0 saturated carbocycles. The van der Waals surface area contributed by atoms with Crippen LogP contribution in [0.15, 0.2) is 10.7 Å². The van der Waals surface area contributed by atoms with Gasteiger partial charge in [0, 0.05) is 5.92 Å². The lowest BCUT2D eigenvalue weighted by Crippen LogP contribution is -2.32. The van der Waals surface area contributed by atoms with E-state index in [1.165, 1.54) is 0 Å². The van der Waals surface area contributed by atoms with Crippen molar-refractivity contribution in [3.8, 4) is 0 Å². The van der Waals surface area contributed by atoms with E-state index >= 15 is 0 Å². The Labute approximate surface area is 84.0 Å². The highest BCUT2D eigenvalue weighted by Crippen LogP contribution is 2.31. The van der Waals surface area contributed by atoms with Gasteiger partial charge in [-0.3, -0.25) is 0 Å². The molecule has 4 nitrogen and oxygen atoms in total. The van der Waals surface area contributed by atoms with Crippen LogP contribution >= 0.6 is 0 Å². The average Bonchev–Trinajstić information content (AvgIpc) is 2.65. The van der Waals surface area contributed by atoms with Gasteiger partial charge in [0.1, 0.15) is 0 Å². The fraction of sp³-hybridized carbons (Fsp3) is 0.700. The van der Waals surface area contributed by atoms with Gasteiger partial charge in [-0.2, -0.15) is 0 Å². The number of nitrogen functional groups attached to an aromatic ring is 1. The van der Waals surface area contributed by atoms with Crippen molar-refractivity contribution in [2.45, 2.75) is 25.7 Å². The first kappa shape index (κ1) is 9.52. The molecule has 0 aromatic carbocycles. The molecule has 0 atom stereocenters. The Morgan fingerprint density at radius 1 is 1.57 bits per heavy atom. The zero-order valence-corrected chi connectivity index (χ0v) is 8.57. The summed E-state index contributed by atoms with van der Waals surface area (Å²) in [5, 5.41) is 3.72. The average molecular weight is 195 g/mol. The van der Waals surface area contributed by atoms with Gasteiger partial charge in [0.05, 0.1) is 11.9 Å². The second-order valence-electron chi connectivity index (χ2n) is 3.85. The molecule has 1 aliphatic heterocycles. The van der Waals surface area contributed by atoms with Gasteiger partial charge >= 0.3 is 0 Å². The standard InChI is InChI=1S/C10H17N3O/c1-2-13-5-3-8(4-6-13)10-9(11)7-12-14-10/h7-8H,2-6,11H2,1H3. The van der Waals surface area contributed by atoms with E-state index in [1.807, 2.05) is 0 Å². The van der Waals surface area contributed by atoms with Crippen LogP contribution in [-0.2, 0) is 0 Å². The zero-order valence-electron chi connectivity index (χ0n) is 8.57. The van der Waals surface area contributed by atoms with Crippen LogP contribution in [0.5, 0.6) is 0 Å². The molecule has 0 amide bonds. The summed E-state index contributed by atoms with van der Waals surface area (Å²) in [6.45, 7) is 5.62. The summed E-state index contributed by atoms with van der Waals surface area (Å²) in [5.74, 6) is 1.36. The summed E-state index contributed by atoms with van der Waals surface area (Å²) in [6.07, 6.45) is 3.86. The van der Waals surface area contributed by atoms with Crippen LogP contribution in [0.1, 0.15) is 31.4 Å².